The number of thioether (sulfide) groups is 1. The highest BCUT2D eigenvalue weighted by Gasteiger charge is 2.06. The van der Waals surface area contributed by atoms with Crippen LogP contribution in [0, 0.1) is 0 Å². The van der Waals surface area contributed by atoms with E-state index in [1.165, 1.54) is 0 Å². The third kappa shape index (κ3) is 7.67. The van der Waals surface area contributed by atoms with Gasteiger partial charge in [0.15, 0.2) is 0 Å². The second-order valence-electron chi connectivity index (χ2n) is 2.88. The summed E-state index contributed by atoms with van der Waals surface area (Å²) in [4.78, 5) is 21.3. The van der Waals surface area contributed by atoms with Crippen molar-refractivity contribution in [2.75, 3.05) is 11.5 Å². The van der Waals surface area contributed by atoms with E-state index in [0.29, 0.717) is 0 Å². The van der Waals surface area contributed by atoms with E-state index < -0.39 is 5.97 Å². The van der Waals surface area contributed by atoms with E-state index in [0.717, 1.165) is 18.2 Å². The molecule has 2 N–H and O–H groups in total. The molecule has 0 aromatic rings. The Morgan fingerprint density at radius 3 is 2.71 bits per heavy atom. The SMILES string of the molecule is C=CCC(C)NC(=O)CSCC(=O)O. The maximum Gasteiger partial charge on any atom is 0.313 e. The standard InChI is InChI=1S/C9H15NO3S/c1-3-4-7(2)10-8(11)5-14-6-9(12)13/h3,7H,1,4-6H2,2H3,(H,10,11)(H,12,13). The molecule has 4 nitrogen and oxygen atoms in total. The summed E-state index contributed by atoms with van der Waals surface area (Å²) in [5.41, 5.74) is 0. The molecule has 1 amide bonds. The maximum absolute atomic E-state index is 11.2. The van der Waals surface area contributed by atoms with Gasteiger partial charge in [-0.1, -0.05) is 6.08 Å². The monoisotopic (exact) mass is 217 g/mol. The van der Waals surface area contributed by atoms with Crippen LogP contribution < -0.4 is 5.32 Å². The molecular formula is C9H15NO3S. The van der Waals surface area contributed by atoms with Crippen molar-refractivity contribution in [2.24, 2.45) is 0 Å². The van der Waals surface area contributed by atoms with Crippen molar-refractivity contribution in [2.45, 2.75) is 19.4 Å². The van der Waals surface area contributed by atoms with Crippen molar-refractivity contribution < 1.29 is 14.7 Å². The largest absolute Gasteiger partial charge is 0.481 e. The Morgan fingerprint density at radius 1 is 1.57 bits per heavy atom. The van der Waals surface area contributed by atoms with Crippen LogP contribution in [0.2, 0.25) is 0 Å². The zero-order chi connectivity index (χ0) is 11.0. The first-order valence-electron chi connectivity index (χ1n) is 4.26. The second kappa shape index (κ2) is 7.44. The normalized spacial score (nSPS) is 11.8. The molecule has 1 atom stereocenters. The van der Waals surface area contributed by atoms with Crippen molar-refractivity contribution in [3.8, 4) is 0 Å². The van der Waals surface area contributed by atoms with Crippen molar-refractivity contribution in [1.82, 2.24) is 5.32 Å². The predicted molar refractivity (Wildman–Crippen MR) is 57.4 cm³/mol. The Bertz CT molecular complexity index is 218. The van der Waals surface area contributed by atoms with Gasteiger partial charge < -0.3 is 10.4 Å². The summed E-state index contributed by atoms with van der Waals surface area (Å²) in [5.74, 6) is -0.885. The Kier molecular flexibility index (Phi) is 6.92. The van der Waals surface area contributed by atoms with Gasteiger partial charge in [-0.2, -0.15) is 0 Å². The lowest BCUT2D eigenvalue weighted by Crippen LogP contribution is -2.33. The highest BCUT2D eigenvalue weighted by Crippen LogP contribution is 1.99. The third-order valence-electron chi connectivity index (χ3n) is 1.39. The van der Waals surface area contributed by atoms with Gasteiger partial charge in [-0.15, -0.1) is 18.3 Å². The van der Waals surface area contributed by atoms with Gasteiger partial charge in [-0.05, 0) is 13.3 Å². The molecule has 0 aliphatic carbocycles. The van der Waals surface area contributed by atoms with Crippen LogP contribution in [0.1, 0.15) is 13.3 Å². The number of carboxylic acid groups (broad SMARTS) is 1. The molecule has 0 aromatic heterocycles. The number of hydrogen-bond acceptors (Lipinski definition) is 3. The van der Waals surface area contributed by atoms with Crippen LogP contribution in [0.5, 0.6) is 0 Å². The van der Waals surface area contributed by atoms with E-state index in [-0.39, 0.29) is 23.5 Å². The topological polar surface area (TPSA) is 66.4 Å². The zero-order valence-corrected chi connectivity index (χ0v) is 8.97. The quantitative estimate of drug-likeness (QED) is 0.621. The molecule has 0 bridgehead atoms. The number of nitrogens with one attached hydrogen (secondary N) is 1. The fraction of sp³-hybridized carbons (Fsp3) is 0.556. The van der Waals surface area contributed by atoms with Gasteiger partial charge >= 0.3 is 5.97 Å². The maximum atomic E-state index is 11.2. The van der Waals surface area contributed by atoms with E-state index >= 15 is 0 Å². The fourth-order valence-corrected chi connectivity index (χ4v) is 1.40. The number of rotatable bonds is 7. The lowest BCUT2D eigenvalue weighted by Gasteiger charge is -2.10. The summed E-state index contributed by atoms with van der Waals surface area (Å²) in [6.07, 6.45) is 2.45. The summed E-state index contributed by atoms with van der Waals surface area (Å²) < 4.78 is 0. The summed E-state index contributed by atoms with van der Waals surface area (Å²) in [7, 11) is 0. The molecule has 0 aromatic carbocycles. The molecule has 0 rings (SSSR count). The number of amides is 1. The van der Waals surface area contributed by atoms with Gasteiger partial charge in [-0.3, -0.25) is 9.59 Å². The van der Waals surface area contributed by atoms with Crippen LogP contribution in [-0.2, 0) is 9.59 Å². The molecule has 0 radical (unpaired) electrons. The number of hydrogen-bond donors (Lipinski definition) is 2. The number of aliphatic carboxylic acids is 1. The first-order chi connectivity index (χ1) is 6.56. The van der Waals surface area contributed by atoms with Crippen LogP contribution in [-0.4, -0.2) is 34.5 Å². The molecule has 0 fully saturated rings. The van der Waals surface area contributed by atoms with Crippen LogP contribution >= 0.6 is 11.8 Å². The smallest absolute Gasteiger partial charge is 0.313 e. The van der Waals surface area contributed by atoms with Gasteiger partial charge in [-0.25, -0.2) is 0 Å². The molecule has 0 aliphatic heterocycles. The molecule has 5 heteroatoms. The van der Waals surface area contributed by atoms with E-state index in [9.17, 15) is 9.59 Å². The molecule has 0 spiro atoms. The Balaban J connectivity index is 3.54. The van der Waals surface area contributed by atoms with E-state index in [1.807, 2.05) is 6.92 Å². The van der Waals surface area contributed by atoms with Crippen molar-refractivity contribution >= 4 is 23.6 Å². The molecule has 0 heterocycles. The zero-order valence-electron chi connectivity index (χ0n) is 8.16. The lowest BCUT2D eigenvalue weighted by atomic mass is 10.2. The summed E-state index contributed by atoms with van der Waals surface area (Å²) in [6.45, 7) is 5.44. The number of carbonyl (C=O) groups excluding carboxylic acids is 1. The average molecular weight is 217 g/mol. The first kappa shape index (κ1) is 13.0. The minimum Gasteiger partial charge on any atom is -0.481 e. The summed E-state index contributed by atoms with van der Waals surface area (Å²) in [6, 6.07) is 0.0606. The molecule has 0 saturated carbocycles. The summed E-state index contributed by atoms with van der Waals surface area (Å²) >= 11 is 1.09. The molecule has 0 saturated heterocycles. The highest BCUT2D eigenvalue weighted by atomic mass is 32.2. The third-order valence-corrected chi connectivity index (χ3v) is 2.30. The van der Waals surface area contributed by atoms with E-state index in [2.05, 4.69) is 11.9 Å². The van der Waals surface area contributed by atoms with Gasteiger partial charge in [0.1, 0.15) is 0 Å². The van der Waals surface area contributed by atoms with Gasteiger partial charge in [0, 0.05) is 6.04 Å². The average Bonchev–Trinajstić information content (AvgIpc) is 2.03. The van der Waals surface area contributed by atoms with Gasteiger partial charge in [0.25, 0.3) is 0 Å². The Morgan fingerprint density at radius 2 is 2.21 bits per heavy atom. The first-order valence-corrected chi connectivity index (χ1v) is 5.41. The summed E-state index contributed by atoms with van der Waals surface area (Å²) in [5, 5.41) is 11.1. The van der Waals surface area contributed by atoms with Crippen LogP contribution in [0.3, 0.4) is 0 Å². The molecular weight excluding hydrogens is 202 g/mol. The second-order valence-corrected chi connectivity index (χ2v) is 3.87. The Labute approximate surface area is 87.8 Å². The van der Waals surface area contributed by atoms with Gasteiger partial charge in [0.05, 0.1) is 11.5 Å². The van der Waals surface area contributed by atoms with Crippen molar-refractivity contribution in [3.05, 3.63) is 12.7 Å². The lowest BCUT2D eigenvalue weighted by molar-refractivity contribution is -0.133. The Hall–Kier alpha value is -0.970. The number of carboxylic acids is 1. The van der Waals surface area contributed by atoms with Crippen LogP contribution in [0.25, 0.3) is 0 Å². The molecule has 0 aliphatic rings. The highest BCUT2D eigenvalue weighted by molar-refractivity contribution is 8.00. The van der Waals surface area contributed by atoms with Gasteiger partial charge in [0.2, 0.25) is 5.91 Å². The van der Waals surface area contributed by atoms with Crippen molar-refractivity contribution in [1.29, 1.82) is 0 Å². The predicted octanol–water partition coefficient (Wildman–Crippen LogP) is 0.885. The molecule has 1 unspecified atom stereocenters. The number of carbonyl (C=O) groups is 2. The van der Waals surface area contributed by atoms with Crippen LogP contribution in [0.4, 0.5) is 0 Å². The fourth-order valence-electron chi connectivity index (χ4n) is 0.856. The molecule has 80 valence electrons. The minimum absolute atomic E-state index is 0.0384. The van der Waals surface area contributed by atoms with E-state index in [4.69, 9.17) is 5.11 Å². The van der Waals surface area contributed by atoms with Crippen LogP contribution in [0.15, 0.2) is 12.7 Å². The molecule has 14 heavy (non-hydrogen) atoms. The van der Waals surface area contributed by atoms with Crippen molar-refractivity contribution in [3.63, 3.8) is 0 Å². The minimum atomic E-state index is -0.901. The van der Waals surface area contributed by atoms with E-state index in [1.54, 1.807) is 6.08 Å².